The van der Waals surface area contributed by atoms with E-state index in [1.54, 1.807) is 19.5 Å². The lowest BCUT2D eigenvalue weighted by atomic mass is 9.97. The molecule has 2 bridgehead atoms. The van der Waals surface area contributed by atoms with Gasteiger partial charge in [-0.3, -0.25) is 4.98 Å². The van der Waals surface area contributed by atoms with E-state index in [9.17, 15) is 0 Å². The Labute approximate surface area is 184 Å². The molecule has 1 saturated carbocycles. The minimum atomic E-state index is 0.356. The Balaban J connectivity index is 1.62. The minimum Gasteiger partial charge on any atom is -0.495 e. The van der Waals surface area contributed by atoms with Crippen LogP contribution in [0.2, 0.25) is 5.02 Å². The van der Waals surface area contributed by atoms with E-state index in [1.807, 2.05) is 41.0 Å². The first kappa shape index (κ1) is 18.4. The second-order valence-corrected chi connectivity index (χ2v) is 8.40. The summed E-state index contributed by atoms with van der Waals surface area (Å²) in [7, 11) is 1.62. The van der Waals surface area contributed by atoms with Crippen molar-refractivity contribution in [1.29, 1.82) is 0 Å². The largest absolute Gasteiger partial charge is 0.495 e. The molecule has 7 heteroatoms. The predicted molar refractivity (Wildman–Crippen MR) is 120 cm³/mol. The molecule has 1 aliphatic heterocycles. The average molecular weight is 430 g/mol. The molecule has 0 amide bonds. The van der Waals surface area contributed by atoms with Gasteiger partial charge >= 0.3 is 0 Å². The van der Waals surface area contributed by atoms with Gasteiger partial charge in [-0.15, -0.1) is 0 Å². The van der Waals surface area contributed by atoms with Gasteiger partial charge in [0.25, 0.3) is 0 Å². The number of aromatic nitrogens is 4. The Bertz CT molecular complexity index is 1330. The molecule has 154 valence electrons. The van der Waals surface area contributed by atoms with E-state index in [1.165, 1.54) is 11.3 Å². The molecule has 1 N–H and O–H groups in total. The predicted octanol–water partition coefficient (Wildman–Crippen LogP) is 4.85. The van der Waals surface area contributed by atoms with Gasteiger partial charge in [0.05, 0.1) is 23.4 Å². The van der Waals surface area contributed by atoms with Crippen LogP contribution in [0.15, 0.2) is 66.8 Å². The third-order valence-electron chi connectivity index (χ3n) is 6.25. The van der Waals surface area contributed by atoms with Gasteiger partial charge in [-0.25, -0.2) is 9.50 Å². The van der Waals surface area contributed by atoms with Crippen molar-refractivity contribution < 1.29 is 4.74 Å². The van der Waals surface area contributed by atoms with Gasteiger partial charge in [0.2, 0.25) is 0 Å². The van der Waals surface area contributed by atoms with Crippen LogP contribution in [0.1, 0.15) is 24.5 Å². The van der Waals surface area contributed by atoms with E-state index in [2.05, 4.69) is 22.6 Å². The fourth-order valence-corrected chi connectivity index (χ4v) is 4.98. The standard InChI is InChI=1S/C24H20ClN5O/c1-31-21-11-15(2-3-19(21)25)22-23(14-4-7-26-8-5-14)29-30-20(6-9-27-24(22)30)18-12-17-10-16(18)13-28-17/h2-9,11,13,17-18,28H,10,12H2,1H3. The fraction of sp³-hybridized carbons (Fsp3) is 0.208. The zero-order valence-corrected chi connectivity index (χ0v) is 17.7. The smallest absolute Gasteiger partial charge is 0.163 e. The molecule has 0 spiro atoms. The lowest BCUT2D eigenvalue weighted by Crippen LogP contribution is -2.20. The van der Waals surface area contributed by atoms with E-state index in [0.717, 1.165) is 40.9 Å². The van der Waals surface area contributed by atoms with Crippen LogP contribution in [0, 0.1) is 0 Å². The highest BCUT2D eigenvalue weighted by Gasteiger charge is 2.36. The van der Waals surface area contributed by atoms with Crippen LogP contribution in [-0.2, 0) is 0 Å². The SMILES string of the molecule is COc1cc(-c2c(-c3ccncc3)nn3c(C4CC5CC4=CN5)ccnc23)ccc1Cl. The Hall–Kier alpha value is -3.38. The molecule has 0 radical (unpaired) electrons. The Kier molecular flexibility index (Phi) is 4.21. The second kappa shape index (κ2) is 7.10. The number of rotatable bonds is 4. The van der Waals surface area contributed by atoms with Crippen LogP contribution in [0.3, 0.4) is 0 Å². The van der Waals surface area contributed by atoms with Gasteiger partial charge in [0, 0.05) is 36.1 Å². The molecule has 1 fully saturated rings. The molecule has 4 heterocycles. The van der Waals surface area contributed by atoms with Gasteiger partial charge in [-0.2, -0.15) is 5.10 Å². The molecule has 2 unspecified atom stereocenters. The summed E-state index contributed by atoms with van der Waals surface area (Å²) in [5.41, 5.74) is 7.20. The van der Waals surface area contributed by atoms with Crippen molar-refractivity contribution in [3.63, 3.8) is 0 Å². The average Bonchev–Trinajstić information content (AvgIpc) is 3.54. The Morgan fingerprint density at radius 1 is 1.10 bits per heavy atom. The molecule has 2 aliphatic rings. The fourth-order valence-electron chi connectivity index (χ4n) is 4.79. The molecule has 0 saturated heterocycles. The number of hydrogen-bond donors (Lipinski definition) is 1. The van der Waals surface area contributed by atoms with Gasteiger partial charge in [0.15, 0.2) is 5.65 Å². The number of halogens is 1. The van der Waals surface area contributed by atoms with Gasteiger partial charge in [0.1, 0.15) is 11.4 Å². The van der Waals surface area contributed by atoms with Crippen molar-refractivity contribution >= 4 is 17.2 Å². The van der Waals surface area contributed by atoms with Crippen LogP contribution in [-0.4, -0.2) is 32.7 Å². The normalized spacial score (nSPS) is 19.5. The number of pyridine rings is 1. The van der Waals surface area contributed by atoms with Crippen LogP contribution in [0.25, 0.3) is 28.0 Å². The van der Waals surface area contributed by atoms with Crippen LogP contribution in [0.4, 0.5) is 0 Å². The lowest BCUT2D eigenvalue weighted by molar-refractivity contribution is 0.415. The maximum Gasteiger partial charge on any atom is 0.163 e. The monoisotopic (exact) mass is 429 g/mol. The summed E-state index contributed by atoms with van der Waals surface area (Å²) >= 11 is 6.30. The molecule has 1 aliphatic carbocycles. The Morgan fingerprint density at radius 3 is 2.71 bits per heavy atom. The molecule has 2 atom stereocenters. The van der Waals surface area contributed by atoms with E-state index >= 15 is 0 Å². The van der Waals surface area contributed by atoms with Crippen molar-refractivity contribution in [2.75, 3.05) is 7.11 Å². The number of nitrogens with one attached hydrogen (secondary N) is 1. The number of methoxy groups -OCH3 is 1. The molecular formula is C24H20ClN5O. The van der Waals surface area contributed by atoms with Crippen molar-refractivity contribution in [3.8, 4) is 28.1 Å². The zero-order chi connectivity index (χ0) is 20.9. The van der Waals surface area contributed by atoms with E-state index in [-0.39, 0.29) is 0 Å². The minimum absolute atomic E-state index is 0.356. The third kappa shape index (κ3) is 2.90. The van der Waals surface area contributed by atoms with Crippen LogP contribution < -0.4 is 10.1 Å². The maximum atomic E-state index is 6.30. The maximum absolute atomic E-state index is 6.30. The van der Waals surface area contributed by atoms with E-state index in [4.69, 9.17) is 26.4 Å². The zero-order valence-electron chi connectivity index (χ0n) is 16.9. The summed E-state index contributed by atoms with van der Waals surface area (Å²) in [5.74, 6) is 0.981. The van der Waals surface area contributed by atoms with Crippen LogP contribution >= 0.6 is 11.6 Å². The van der Waals surface area contributed by atoms with Crippen molar-refractivity contribution in [2.45, 2.75) is 24.8 Å². The number of benzene rings is 1. The van der Waals surface area contributed by atoms with Crippen LogP contribution in [0.5, 0.6) is 5.75 Å². The molecule has 6 rings (SSSR count). The molecule has 1 aromatic carbocycles. The summed E-state index contributed by atoms with van der Waals surface area (Å²) in [5, 5.41) is 9.09. The summed E-state index contributed by atoms with van der Waals surface area (Å²) in [6, 6.07) is 12.4. The highest BCUT2D eigenvalue weighted by molar-refractivity contribution is 6.32. The van der Waals surface area contributed by atoms with E-state index in [0.29, 0.717) is 22.7 Å². The highest BCUT2D eigenvalue weighted by Crippen LogP contribution is 2.44. The number of nitrogens with zero attached hydrogens (tertiary/aromatic N) is 4. The number of fused-ring (bicyclic) bond motifs is 3. The highest BCUT2D eigenvalue weighted by atomic mass is 35.5. The quantitative estimate of drug-likeness (QED) is 0.502. The topological polar surface area (TPSA) is 64.3 Å². The third-order valence-corrected chi connectivity index (χ3v) is 6.56. The van der Waals surface area contributed by atoms with Crippen molar-refractivity contribution in [2.24, 2.45) is 0 Å². The lowest BCUT2D eigenvalue weighted by Gasteiger charge is -2.17. The molecule has 31 heavy (non-hydrogen) atoms. The van der Waals surface area contributed by atoms with Crippen molar-refractivity contribution in [3.05, 3.63) is 77.5 Å². The number of hydrogen-bond acceptors (Lipinski definition) is 5. The van der Waals surface area contributed by atoms with E-state index < -0.39 is 0 Å². The van der Waals surface area contributed by atoms with Crippen molar-refractivity contribution in [1.82, 2.24) is 24.9 Å². The summed E-state index contributed by atoms with van der Waals surface area (Å²) in [4.78, 5) is 8.92. The molecular weight excluding hydrogens is 410 g/mol. The first-order valence-electron chi connectivity index (χ1n) is 10.3. The molecule has 3 aromatic heterocycles. The molecule has 6 nitrogen and oxygen atoms in total. The first-order chi connectivity index (χ1) is 15.2. The Morgan fingerprint density at radius 2 is 1.97 bits per heavy atom. The second-order valence-electron chi connectivity index (χ2n) is 7.99. The van der Waals surface area contributed by atoms with Gasteiger partial charge in [-0.1, -0.05) is 17.7 Å². The number of ether oxygens (including phenoxy) is 1. The summed E-state index contributed by atoms with van der Waals surface area (Å²) in [6.45, 7) is 0. The first-order valence-corrected chi connectivity index (χ1v) is 10.7. The summed E-state index contributed by atoms with van der Waals surface area (Å²) < 4.78 is 7.49. The molecule has 4 aromatic rings. The van der Waals surface area contributed by atoms with Gasteiger partial charge < -0.3 is 10.1 Å². The van der Waals surface area contributed by atoms with Gasteiger partial charge in [-0.05, 0) is 60.5 Å². The summed E-state index contributed by atoms with van der Waals surface area (Å²) in [6.07, 6.45) is 9.81.